The molecular weight excluding hydrogens is 444 g/mol. The Morgan fingerprint density at radius 3 is 2.06 bits per heavy atom. The highest BCUT2D eigenvalue weighted by molar-refractivity contribution is 6.07. The molecule has 5 aromatic carbocycles. The molecule has 0 radical (unpaired) electrons. The Balaban J connectivity index is 1.73. The molecule has 0 aliphatic carbocycles. The molecule has 0 bridgehead atoms. The smallest absolute Gasteiger partial charge is 0.197 e. The minimum absolute atomic E-state index is 0.0496. The number of aromatic nitrogens is 2. The van der Waals surface area contributed by atoms with Gasteiger partial charge < -0.3 is 9.55 Å². The number of benzene rings is 5. The normalized spacial score (nSPS) is 11.6. The minimum Gasteiger partial charge on any atom is -0.354 e. The molecule has 0 aliphatic rings. The van der Waals surface area contributed by atoms with Crippen LogP contribution in [0.3, 0.4) is 0 Å². The molecule has 7 rings (SSSR count). The summed E-state index contributed by atoms with van der Waals surface area (Å²) in [5.74, 6) is 0. The first kappa shape index (κ1) is 20.4. The highest BCUT2D eigenvalue weighted by atomic mass is 16.1. The number of rotatable bonds is 2. The van der Waals surface area contributed by atoms with Crippen molar-refractivity contribution in [2.24, 2.45) is 0 Å². The van der Waals surface area contributed by atoms with Crippen molar-refractivity contribution in [2.75, 3.05) is 0 Å². The third-order valence-electron chi connectivity index (χ3n) is 6.92. The van der Waals surface area contributed by atoms with Crippen LogP contribution in [-0.2, 0) is 0 Å². The van der Waals surface area contributed by atoms with E-state index in [0.29, 0.717) is 32.6 Å². The summed E-state index contributed by atoms with van der Waals surface area (Å²) in [6.45, 7) is 0. The third-order valence-corrected chi connectivity index (χ3v) is 6.92. The molecule has 0 amide bonds. The van der Waals surface area contributed by atoms with Gasteiger partial charge in [0.05, 0.1) is 21.9 Å². The Morgan fingerprint density at radius 1 is 0.528 bits per heavy atom. The van der Waals surface area contributed by atoms with Crippen LogP contribution >= 0.6 is 0 Å². The van der Waals surface area contributed by atoms with Crippen LogP contribution in [0.2, 0.25) is 0 Å². The molecule has 2 aromatic heterocycles. The Morgan fingerprint density at radius 2 is 1.25 bits per heavy atom. The van der Waals surface area contributed by atoms with Gasteiger partial charge in [-0.15, -0.1) is 0 Å². The number of aromatic amines is 1. The van der Waals surface area contributed by atoms with Crippen LogP contribution in [0.1, 0.15) is 0 Å². The summed E-state index contributed by atoms with van der Waals surface area (Å²) in [5.41, 5.74) is 5.61. The summed E-state index contributed by atoms with van der Waals surface area (Å²) in [6, 6.07) is 37.1. The largest absolute Gasteiger partial charge is 0.354 e. The van der Waals surface area contributed by atoms with E-state index < -0.39 is 0 Å². The van der Waals surface area contributed by atoms with Crippen molar-refractivity contribution in [2.45, 2.75) is 0 Å². The van der Waals surface area contributed by atoms with Crippen molar-refractivity contribution < 1.29 is 0 Å². The van der Waals surface area contributed by atoms with E-state index in [0.717, 1.165) is 27.8 Å². The van der Waals surface area contributed by atoms with Crippen LogP contribution in [0.25, 0.3) is 60.4 Å². The lowest BCUT2D eigenvalue weighted by molar-refractivity contribution is 1.16. The standard InChI is InChI=1S/C32H20N2O2/c35-31-23-14-7-8-16-26(23)33-27-18-25-29(19-24(27)31)34(21-12-5-2-6-13-21)28-17-9-15-22(30(28)32(25)36)20-10-3-1-4-11-20/h1-19H,(H,33,35). The number of nitrogens with zero attached hydrogens (tertiary/aromatic N) is 1. The van der Waals surface area contributed by atoms with Gasteiger partial charge in [-0.25, -0.2) is 0 Å². The fraction of sp³-hybridized carbons (Fsp3) is 0. The monoisotopic (exact) mass is 464 g/mol. The van der Waals surface area contributed by atoms with Gasteiger partial charge in [0.1, 0.15) is 0 Å². The zero-order chi connectivity index (χ0) is 24.2. The average Bonchev–Trinajstić information content (AvgIpc) is 2.94. The molecular formula is C32H20N2O2. The van der Waals surface area contributed by atoms with Gasteiger partial charge in [-0.3, -0.25) is 9.59 Å². The van der Waals surface area contributed by atoms with Gasteiger partial charge in [-0.1, -0.05) is 72.8 Å². The first-order valence-electron chi connectivity index (χ1n) is 11.9. The predicted octanol–water partition coefficient (Wildman–Crippen LogP) is 6.81. The van der Waals surface area contributed by atoms with Gasteiger partial charge in [0, 0.05) is 27.4 Å². The van der Waals surface area contributed by atoms with Crippen molar-refractivity contribution in [3.63, 3.8) is 0 Å². The lowest BCUT2D eigenvalue weighted by Crippen LogP contribution is -2.13. The molecule has 1 N–H and O–H groups in total. The van der Waals surface area contributed by atoms with E-state index >= 15 is 0 Å². The summed E-state index contributed by atoms with van der Waals surface area (Å²) in [7, 11) is 0. The number of H-pyrrole nitrogens is 1. The van der Waals surface area contributed by atoms with E-state index in [-0.39, 0.29) is 10.9 Å². The molecule has 4 heteroatoms. The first-order valence-corrected chi connectivity index (χ1v) is 11.9. The Hall–Kier alpha value is -4.96. The van der Waals surface area contributed by atoms with E-state index in [4.69, 9.17) is 0 Å². The van der Waals surface area contributed by atoms with Gasteiger partial charge >= 0.3 is 0 Å². The zero-order valence-electron chi connectivity index (χ0n) is 19.2. The van der Waals surface area contributed by atoms with Gasteiger partial charge in [0.2, 0.25) is 0 Å². The van der Waals surface area contributed by atoms with Crippen LogP contribution < -0.4 is 10.9 Å². The lowest BCUT2D eigenvalue weighted by atomic mass is 9.97. The Labute approximate surface area is 205 Å². The number of hydrogen-bond acceptors (Lipinski definition) is 2. The van der Waals surface area contributed by atoms with Crippen LogP contribution in [0.5, 0.6) is 0 Å². The summed E-state index contributed by atoms with van der Waals surface area (Å²) >= 11 is 0. The molecule has 7 aromatic rings. The van der Waals surface area contributed by atoms with Crippen LogP contribution in [0.4, 0.5) is 0 Å². The van der Waals surface area contributed by atoms with Crippen LogP contribution in [0.15, 0.2) is 125 Å². The molecule has 0 aliphatic heterocycles. The quantitative estimate of drug-likeness (QED) is 0.286. The maximum atomic E-state index is 14.2. The fourth-order valence-electron chi connectivity index (χ4n) is 5.27. The van der Waals surface area contributed by atoms with Gasteiger partial charge in [0.25, 0.3) is 0 Å². The number of hydrogen-bond donors (Lipinski definition) is 1. The number of fused-ring (bicyclic) bond motifs is 4. The van der Waals surface area contributed by atoms with Crippen molar-refractivity contribution in [1.82, 2.24) is 9.55 Å². The topological polar surface area (TPSA) is 54.9 Å². The van der Waals surface area contributed by atoms with Crippen LogP contribution in [0, 0.1) is 0 Å². The first-order chi connectivity index (χ1) is 17.7. The second kappa shape index (κ2) is 7.79. The van der Waals surface area contributed by atoms with E-state index in [1.807, 2.05) is 115 Å². The minimum atomic E-state index is -0.0532. The SMILES string of the molecule is O=c1c2ccccc2[nH]c2cc3c(=O)c4c(-c5ccccc5)cccc4n(-c4ccccc4)c3cc12. The number of nitrogens with one attached hydrogen (secondary N) is 1. The lowest BCUT2D eigenvalue weighted by Gasteiger charge is -2.18. The average molecular weight is 465 g/mol. The maximum Gasteiger partial charge on any atom is 0.197 e. The molecule has 36 heavy (non-hydrogen) atoms. The summed E-state index contributed by atoms with van der Waals surface area (Å²) in [6.07, 6.45) is 0. The van der Waals surface area contributed by atoms with Gasteiger partial charge in [0.15, 0.2) is 10.9 Å². The molecule has 4 nitrogen and oxygen atoms in total. The van der Waals surface area contributed by atoms with Crippen molar-refractivity contribution >= 4 is 43.6 Å². The molecule has 2 heterocycles. The fourth-order valence-corrected chi connectivity index (χ4v) is 5.27. The Bertz CT molecular complexity index is 2070. The maximum absolute atomic E-state index is 14.2. The Kier molecular flexibility index (Phi) is 4.42. The van der Waals surface area contributed by atoms with Crippen molar-refractivity contribution in [1.29, 1.82) is 0 Å². The number of para-hydroxylation sites is 2. The molecule has 0 unspecified atom stereocenters. The third kappa shape index (κ3) is 2.95. The van der Waals surface area contributed by atoms with E-state index in [1.54, 1.807) is 0 Å². The van der Waals surface area contributed by atoms with E-state index in [9.17, 15) is 9.59 Å². The molecule has 0 saturated heterocycles. The summed E-state index contributed by atoms with van der Waals surface area (Å²) in [5, 5.41) is 2.41. The highest BCUT2D eigenvalue weighted by Crippen LogP contribution is 2.32. The summed E-state index contributed by atoms with van der Waals surface area (Å²) in [4.78, 5) is 31.0. The second-order valence-corrected chi connectivity index (χ2v) is 8.98. The van der Waals surface area contributed by atoms with Crippen LogP contribution in [-0.4, -0.2) is 9.55 Å². The molecule has 170 valence electrons. The zero-order valence-corrected chi connectivity index (χ0v) is 19.2. The van der Waals surface area contributed by atoms with Gasteiger partial charge in [-0.2, -0.15) is 0 Å². The summed E-state index contributed by atoms with van der Waals surface area (Å²) < 4.78 is 2.09. The second-order valence-electron chi connectivity index (χ2n) is 8.98. The highest BCUT2D eigenvalue weighted by Gasteiger charge is 2.18. The molecule has 0 spiro atoms. The van der Waals surface area contributed by atoms with Gasteiger partial charge in [-0.05, 0) is 53.6 Å². The van der Waals surface area contributed by atoms with Crippen molar-refractivity contribution in [3.8, 4) is 16.8 Å². The van der Waals surface area contributed by atoms with Crippen molar-refractivity contribution in [3.05, 3.63) is 136 Å². The van der Waals surface area contributed by atoms with E-state index in [2.05, 4.69) is 9.55 Å². The molecule has 0 fully saturated rings. The predicted molar refractivity (Wildman–Crippen MR) is 148 cm³/mol. The molecule has 0 saturated carbocycles. The van der Waals surface area contributed by atoms with E-state index in [1.165, 1.54) is 0 Å². The number of pyridine rings is 2. The molecule has 0 atom stereocenters.